The van der Waals surface area contributed by atoms with E-state index in [0.717, 1.165) is 39.1 Å². The van der Waals surface area contributed by atoms with Gasteiger partial charge in [0.05, 0.1) is 27.6 Å². The lowest BCUT2D eigenvalue weighted by Gasteiger charge is -2.10. The molecule has 4 aromatic rings. The summed E-state index contributed by atoms with van der Waals surface area (Å²) in [4.78, 5) is 12.6. The van der Waals surface area contributed by atoms with Gasteiger partial charge in [0.2, 0.25) is 5.91 Å². The van der Waals surface area contributed by atoms with Crippen molar-refractivity contribution in [3.05, 3.63) is 78.6 Å². The highest BCUT2D eigenvalue weighted by Crippen LogP contribution is 2.37. The number of carbonyl (C=O) groups excluding carboxylic acids is 1. The Labute approximate surface area is 192 Å². The molecule has 0 aliphatic heterocycles. The summed E-state index contributed by atoms with van der Waals surface area (Å²) in [6.45, 7) is 1.88. The quantitative estimate of drug-likeness (QED) is 0.346. The van der Waals surface area contributed by atoms with Crippen molar-refractivity contribution in [2.75, 3.05) is 26.6 Å². The van der Waals surface area contributed by atoms with E-state index in [1.165, 1.54) is 0 Å². The van der Waals surface area contributed by atoms with Gasteiger partial charge in [-0.1, -0.05) is 12.1 Å². The van der Waals surface area contributed by atoms with Crippen molar-refractivity contribution in [3.8, 4) is 28.4 Å². The molecule has 0 aliphatic carbocycles. The number of fused-ring (bicyclic) bond motifs is 1. The van der Waals surface area contributed by atoms with Crippen LogP contribution in [0.4, 0.5) is 5.69 Å². The van der Waals surface area contributed by atoms with Gasteiger partial charge in [0, 0.05) is 34.3 Å². The highest BCUT2D eigenvalue weighted by Gasteiger charge is 2.15. The second-order valence-corrected chi connectivity index (χ2v) is 7.47. The van der Waals surface area contributed by atoms with Crippen molar-refractivity contribution in [2.24, 2.45) is 0 Å². The van der Waals surface area contributed by atoms with Crippen LogP contribution in [0.3, 0.4) is 0 Å². The summed E-state index contributed by atoms with van der Waals surface area (Å²) in [6, 6.07) is 18.8. The van der Waals surface area contributed by atoms with Gasteiger partial charge in [-0.25, -0.2) is 0 Å². The standard InChI is InChI=1S/C27H25NO5/c1-17(13-27(29)28-19-7-11-21(31-3)12-8-19)22-14-23-24(16-33-26(23)15-25(22)32-4)18-5-9-20(30-2)10-6-18/h5-16H,1-4H3,(H,28,29)/b17-13+. The van der Waals surface area contributed by atoms with E-state index in [-0.39, 0.29) is 5.91 Å². The van der Waals surface area contributed by atoms with Crippen LogP contribution >= 0.6 is 0 Å². The van der Waals surface area contributed by atoms with Crippen LogP contribution in [0.1, 0.15) is 12.5 Å². The predicted molar refractivity (Wildman–Crippen MR) is 130 cm³/mol. The SMILES string of the molecule is COc1ccc(NC(=O)/C=C(\C)c2cc3c(-c4ccc(OC)cc4)coc3cc2OC)cc1. The number of benzene rings is 3. The molecule has 3 aromatic carbocycles. The van der Waals surface area contributed by atoms with E-state index in [0.29, 0.717) is 17.0 Å². The van der Waals surface area contributed by atoms with Crippen LogP contribution in [0.15, 0.2) is 77.4 Å². The van der Waals surface area contributed by atoms with E-state index in [1.807, 2.05) is 43.3 Å². The van der Waals surface area contributed by atoms with Crippen LogP contribution in [-0.2, 0) is 4.79 Å². The number of allylic oxidation sites excluding steroid dienone is 1. The molecule has 0 unspecified atom stereocenters. The molecule has 4 rings (SSSR count). The fourth-order valence-corrected chi connectivity index (χ4v) is 3.65. The Kier molecular flexibility index (Phi) is 6.36. The minimum Gasteiger partial charge on any atom is -0.497 e. The Bertz CT molecular complexity index is 1300. The highest BCUT2D eigenvalue weighted by atomic mass is 16.5. The molecule has 0 saturated carbocycles. The van der Waals surface area contributed by atoms with E-state index in [1.54, 1.807) is 57.9 Å². The topological polar surface area (TPSA) is 69.9 Å². The number of anilines is 1. The second kappa shape index (κ2) is 9.53. The van der Waals surface area contributed by atoms with Gasteiger partial charge in [0.1, 0.15) is 22.8 Å². The van der Waals surface area contributed by atoms with Crippen LogP contribution in [0, 0.1) is 0 Å². The van der Waals surface area contributed by atoms with E-state index in [9.17, 15) is 4.79 Å². The first-order valence-electron chi connectivity index (χ1n) is 10.4. The maximum absolute atomic E-state index is 12.6. The summed E-state index contributed by atoms with van der Waals surface area (Å²) in [5.41, 5.74) is 4.92. The summed E-state index contributed by atoms with van der Waals surface area (Å²) >= 11 is 0. The maximum Gasteiger partial charge on any atom is 0.248 e. The summed E-state index contributed by atoms with van der Waals surface area (Å²) in [5, 5.41) is 3.80. The van der Waals surface area contributed by atoms with Gasteiger partial charge in [-0.15, -0.1) is 0 Å². The average molecular weight is 443 g/mol. The lowest BCUT2D eigenvalue weighted by molar-refractivity contribution is -0.111. The van der Waals surface area contributed by atoms with Gasteiger partial charge in [-0.2, -0.15) is 0 Å². The smallest absolute Gasteiger partial charge is 0.248 e. The van der Waals surface area contributed by atoms with Crippen LogP contribution < -0.4 is 19.5 Å². The molecule has 0 atom stereocenters. The molecule has 1 amide bonds. The molecule has 0 bridgehead atoms. The minimum absolute atomic E-state index is 0.234. The molecule has 6 nitrogen and oxygen atoms in total. The lowest BCUT2D eigenvalue weighted by Crippen LogP contribution is -2.08. The molecule has 0 saturated heterocycles. The Hall–Kier alpha value is -4.19. The Morgan fingerprint density at radius 2 is 1.52 bits per heavy atom. The summed E-state index contributed by atoms with van der Waals surface area (Å²) in [5.74, 6) is 1.91. The summed E-state index contributed by atoms with van der Waals surface area (Å²) < 4.78 is 21.8. The van der Waals surface area contributed by atoms with Crippen LogP contribution in [0.5, 0.6) is 17.2 Å². The molecule has 33 heavy (non-hydrogen) atoms. The largest absolute Gasteiger partial charge is 0.497 e. The number of hydrogen-bond donors (Lipinski definition) is 1. The maximum atomic E-state index is 12.6. The van der Waals surface area contributed by atoms with Crippen LogP contribution in [0.25, 0.3) is 27.7 Å². The number of ether oxygens (including phenoxy) is 3. The van der Waals surface area contributed by atoms with Crippen molar-refractivity contribution in [3.63, 3.8) is 0 Å². The summed E-state index contributed by atoms with van der Waals surface area (Å²) in [6.07, 6.45) is 3.28. The molecule has 1 N–H and O–H groups in total. The first-order chi connectivity index (χ1) is 16.0. The highest BCUT2D eigenvalue weighted by molar-refractivity contribution is 6.05. The third kappa shape index (κ3) is 4.70. The molecule has 0 aliphatic rings. The van der Waals surface area contributed by atoms with E-state index in [2.05, 4.69) is 5.32 Å². The minimum atomic E-state index is -0.234. The molecular formula is C27H25NO5. The third-order valence-corrected chi connectivity index (χ3v) is 5.43. The molecule has 6 heteroatoms. The molecule has 0 fully saturated rings. The van der Waals surface area contributed by atoms with E-state index >= 15 is 0 Å². The molecular weight excluding hydrogens is 418 g/mol. The van der Waals surface area contributed by atoms with E-state index < -0.39 is 0 Å². The summed E-state index contributed by atoms with van der Waals surface area (Å²) in [7, 11) is 4.84. The van der Waals surface area contributed by atoms with Gasteiger partial charge in [0.15, 0.2) is 0 Å². The van der Waals surface area contributed by atoms with Crippen molar-refractivity contribution in [1.82, 2.24) is 0 Å². The van der Waals surface area contributed by atoms with Gasteiger partial charge >= 0.3 is 0 Å². The molecule has 168 valence electrons. The first kappa shape index (κ1) is 22.0. The third-order valence-electron chi connectivity index (χ3n) is 5.43. The van der Waals surface area contributed by atoms with Gasteiger partial charge in [-0.3, -0.25) is 4.79 Å². The lowest BCUT2D eigenvalue weighted by atomic mass is 9.99. The number of carbonyl (C=O) groups is 1. The monoisotopic (exact) mass is 443 g/mol. The van der Waals surface area contributed by atoms with Gasteiger partial charge < -0.3 is 23.9 Å². The van der Waals surface area contributed by atoms with E-state index in [4.69, 9.17) is 18.6 Å². The van der Waals surface area contributed by atoms with Gasteiger partial charge in [0.25, 0.3) is 0 Å². The number of rotatable bonds is 7. The first-order valence-corrected chi connectivity index (χ1v) is 10.4. The zero-order chi connectivity index (χ0) is 23.4. The molecule has 1 heterocycles. The zero-order valence-electron chi connectivity index (χ0n) is 19.0. The Balaban J connectivity index is 1.66. The van der Waals surface area contributed by atoms with Crippen molar-refractivity contribution < 1.29 is 23.4 Å². The average Bonchev–Trinajstić information content (AvgIpc) is 3.26. The fraction of sp³-hybridized carbons (Fsp3) is 0.148. The van der Waals surface area contributed by atoms with Gasteiger partial charge in [-0.05, 0) is 60.5 Å². The Morgan fingerprint density at radius 3 is 2.12 bits per heavy atom. The number of hydrogen-bond acceptors (Lipinski definition) is 5. The van der Waals surface area contributed by atoms with Crippen LogP contribution in [-0.4, -0.2) is 27.2 Å². The predicted octanol–water partition coefficient (Wildman–Crippen LogP) is 6.17. The van der Waals surface area contributed by atoms with Crippen LogP contribution in [0.2, 0.25) is 0 Å². The van der Waals surface area contributed by atoms with Crippen molar-refractivity contribution >= 4 is 28.1 Å². The normalized spacial score (nSPS) is 11.3. The molecule has 0 radical (unpaired) electrons. The number of nitrogens with one attached hydrogen (secondary N) is 1. The number of methoxy groups -OCH3 is 3. The zero-order valence-corrected chi connectivity index (χ0v) is 19.0. The van der Waals surface area contributed by atoms with Crippen molar-refractivity contribution in [2.45, 2.75) is 6.92 Å². The number of amides is 1. The number of furan rings is 1. The fourth-order valence-electron chi connectivity index (χ4n) is 3.65. The molecule has 0 spiro atoms. The molecule has 1 aromatic heterocycles. The van der Waals surface area contributed by atoms with Crippen molar-refractivity contribution in [1.29, 1.82) is 0 Å². The Morgan fingerprint density at radius 1 is 0.879 bits per heavy atom. The second-order valence-electron chi connectivity index (χ2n) is 7.47.